The molecule has 5 heteroatoms. The Bertz CT molecular complexity index is 381. The Morgan fingerprint density at radius 3 is 2.61 bits per heavy atom. The number of halogens is 3. The van der Waals surface area contributed by atoms with Crippen LogP contribution in [0, 0.1) is 6.92 Å². The molecule has 2 nitrogen and oxygen atoms in total. The lowest BCUT2D eigenvalue weighted by Gasteiger charge is -2.34. The van der Waals surface area contributed by atoms with Gasteiger partial charge in [-0.3, -0.25) is 4.90 Å². The van der Waals surface area contributed by atoms with E-state index >= 15 is 0 Å². The van der Waals surface area contributed by atoms with Gasteiger partial charge in [-0.2, -0.15) is 0 Å². The molecule has 1 N–H and O–H groups in total. The first-order valence-corrected chi connectivity index (χ1v) is 6.37. The van der Waals surface area contributed by atoms with E-state index in [9.17, 15) is 4.39 Å². The SMILES string of the molecule is Cc1cc(Cl)ccc1[C@@H](CF)N1CCNCC1.Cl. The molecular weight excluding hydrogens is 274 g/mol. The molecule has 0 aromatic heterocycles. The fourth-order valence-corrected chi connectivity index (χ4v) is 2.61. The highest BCUT2D eigenvalue weighted by molar-refractivity contribution is 6.30. The molecule has 1 heterocycles. The number of benzene rings is 1. The molecule has 1 atom stereocenters. The van der Waals surface area contributed by atoms with Crippen LogP contribution in [0.5, 0.6) is 0 Å². The van der Waals surface area contributed by atoms with Gasteiger partial charge in [-0.1, -0.05) is 17.7 Å². The normalized spacial score (nSPS) is 18.2. The fraction of sp³-hybridized carbons (Fsp3) is 0.538. The molecule has 1 aromatic carbocycles. The van der Waals surface area contributed by atoms with Crippen molar-refractivity contribution < 1.29 is 4.39 Å². The predicted octanol–water partition coefficient (Wildman–Crippen LogP) is 2.99. The zero-order valence-corrected chi connectivity index (χ0v) is 12.0. The molecule has 0 bridgehead atoms. The highest BCUT2D eigenvalue weighted by Gasteiger charge is 2.23. The number of piperazine rings is 1. The third-order valence-corrected chi connectivity index (χ3v) is 3.56. The standard InChI is InChI=1S/C13H18ClFN2.ClH/c1-10-8-11(14)2-3-12(10)13(9-15)17-6-4-16-5-7-17;/h2-3,8,13,16H,4-7,9H2,1H3;1H/t13-;/m1./s1. The van der Waals surface area contributed by atoms with Crippen molar-refractivity contribution in [1.29, 1.82) is 0 Å². The summed E-state index contributed by atoms with van der Waals surface area (Å²) in [6.07, 6.45) is 0. The van der Waals surface area contributed by atoms with Gasteiger partial charge in [0.1, 0.15) is 6.67 Å². The van der Waals surface area contributed by atoms with Crippen LogP contribution in [-0.4, -0.2) is 37.8 Å². The number of nitrogens with zero attached hydrogens (tertiary/aromatic N) is 1. The van der Waals surface area contributed by atoms with E-state index in [-0.39, 0.29) is 25.1 Å². The summed E-state index contributed by atoms with van der Waals surface area (Å²) in [6, 6.07) is 5.56. The third kappa shape index (κ3) is 3.58. The molecule has 1 aliphatic rings. The van der Waals surface area contributed by atoms with Crippen LogP contribution < -0.4 is 5.32 Å². The Hall–Kier alpha value is -0.350. The monoisotopic (exact) mass is 292 g/mol. The van der Waals surface area contributed by atoms with Crippen LogP contribution in [0.15, 0.2) is 18.2 Å². The van der Waals surface area contributed by atoms with E-state index in [1.54, 1.807) is 0 Å². The maximum Gasteiger partial charge on any atom is 0.109 e. The number of alkyl halides is 1. The Morgan fingerprint density at radius 2 is 2.06 bits per heavy atom. The van der Waals surface area contributed by atoms with Crippen molar-refractivity contribution >= 4 is 24.0 Å². The van der Waals surface area contributed by atoms with Crippen molar-refractivity contribution in [2.24, 2.45) is 0 Å². The zero-order valence-electron chi connectivity index (χ0n) is 10.5. The van der Waals surface area contributed by atoms with E-state index in [0.717, 1.165) is 37.3 Å². The minimum atomic E-state index is -0.345. The largest absolute Gasteiger partial charge is 0.314 e. The quantitative estimate of drug-likeness (QED) is 0.921. The lowest BCUT2D eigenvalue weighted by molar-refractivity contribution is 0.147. The summed E-state index contributed by atoms with van der Waals surface area (Å²) < 4.78 is 13.3. The van der Waals surface area contributed by atoms with Crippen molar-refractivity contribution in [3.63, 3.8) is 0 Å². The van der Waals surface area contributed by atoms with Crippen LogP contribution in [0.25, 0.3) is 0 Å². The summed E-state index contributed by atoms with van der Waals surface area (Å²) in [5.74, 6) is 0. The fourth-order valence-electron chi connectivity index (χ4n) is 2.38. The minimum Gasteiger partial charge on any atom is -0.314 e. The Balaban J connectivity index is 0.00000162. The first-order valence-electron chi connectivity index (χ1n) is 5.99. The lowest BCUT2D eigenvalue weighted by Crippen LogP contribution is -2.45. The molecule has 0 aliphatic carbocycles. The van der Waals surface area contributed by atoms with Gasteiger partial charge in [-0.25, -0.2) is 4.39 Å². The maximum absolute atomic E-state index is 13.3. The van der Waals surface area contributed by atoms with E-state index in [1.165, 1.54) is 0 Å². The second-order valence-corrected chi connectivity index (χ2v) is 4.89. The van der Waals surface area contributed by atoms with Gasteiger partial charge in [-0.15, -0.1) is 12.4 Å². The lowest BCUT2D eigenvalue weighted by atomic mass is 10.0. The molecule has 0 radical (unpaired) electrons. The van der Waals surface area contributed by atoms with Gasteiger partial charge in [-0.05, 0) is 30.2 Å². The third-order valence-electron chi connectivity index (χ3n) is 3.33. The molecule has 102 valence electrons. The van der Waals surface area contributed by atoms with Crippen molar-refractivity contribution in [2.45, 2.75) is 13.0 Å². The number of aryl methyl sites for hydroxylation is 1. The van der Waals surface area contributed by atoms with E-state index in [1.807, 2.05) is 25.1 Å². The molecular formula is C13H19Cl2FN2. The van der Waals surface area contributed by atoms with Gasteiger partial charge in [0.2, 0.25) is 0 Å². The molecule has 1 aliphatic heterocycles. The van der Waals surface area contributed by atoms with Crippen molar-refractivity contribution in [1.82, 2.24) is 10.2 Å². The first kappa shape index (κ1) is 15.7. The van der Waals surface area contributed by atoms with E-state index < -0.39 is 0 Å². The van der Waals surface area contributed by atoms with Gasteiger partial charge in [0.25, 0.3) is 0 Å². The highest BCUT2D eigenvalue weighted by atomic mass is 35.5. The maximum atomic E-state index is 13.3. The van der Waals surface area contributed by atoms with Crippen molar-refractivity contribution in [3.05, 3.63) is 34.3 Å². The smallest absolute Gasteiger partial charge is 0.109 e. The van der Waals surface area contributed by atoms with Crippen LogP contribution in [0.3, 0.4) is 0 Å². The van der Waals surface area contributed by atoms with Crippen LogP contribution >= 0.6 is 24.0 Å². The molecule has 0 saturated carbocycles. The van der Waals surface area contributed by atoms with Crippen LogP contribution in [0.1, 0.15) is 17.2 Å². The summed E-state index contributed by atoms with van der Waals surface area (Å²) in [4.78, 5) is 2.20. The summed E-state index contributed by atoms with van der Waals surface area (Å²) in [5, 5.41) is 4.00. The highest BCUT2D eigenvalue weighted by Crippen LogP contribution is 2.26. The van der Waals surface area contributed by atoms with Crippen molar-refractivity contribution in [2.75, 3.05) is 32.9 Å². The molecule has 1 fully saturated rings. The van der Waals surface area contributed by atoms with E-state index in [2.05, 4.69) is 10.2 Å². The summed E-state index contributed by atoms with van der Waals surface area (Å²) in [7, 11) is 0. The van der Waals surface area contributed by atoms with Crippen LogP contribution in [0.2, 0.25) is 5.02 Å². The average molecular weight is 293 g/mol. The van der Waals surface area contributed by atoms with Crippen LogP contribution in [0.4, 0.5) is 4.39 Å². The van der Waals surface area contributed by atoms with Gasteiger partial charge in [0.05, 0.1) is 6.04 Å². The molecule has 1 aromatic rings. The topological polar surface area (TPSA) is 15.3 Å². The Kier molecular flexibility index (Phi) is 6.36. The molecule has 0 spiro atoms. The molecule has 0 unspecified atom stereocenters. The van der Waals surface area contributed by atoms with Crippen molar-refractivity contribution in [3.8, 4) is 0 Å². The number of nitrogens with one attached hydrogen (secondary N) is 1. The number of hydrogen-bond acceptors (Lipinski definition) is 2. The minimum absolute atomic E-state index is 0. The molecule has 18 heavy (non-hydrogen) atoms. The first-order chi connectivity index (χ1) is 8.22. The summed E-state index contributed by atoms with van der Waals surface area (Å²) in [6.45, 7) is 5.31. The summed E-state index contributed by atoms with van der Waals surface area (Å²) >= 11 is 5.93. The van der Waals surface area contributed by atoms with Gasteiger partial charge in [0.15, 0.2) is 0 Å². The number of hydrogen-bond donors (Lipinski definition) is 1. The average Bonchev–Trinajstić information content (AvgIpc) is 2.34. The second-order valence-electron chi connectivity index (χ2n) is 4.46. The zero-order chi connectivity index (χ0) is 12.3. The number of rotatable bonds is 3. The Morgan fingerprint density at radius 1 is 1.39 bits per heavy atom. The van der Waals surface area contributed by atoms with Crippen LogP contribution in [-0.2, 0) is 0 Å². The molecule has 0 amide bonds. The van der Waals surface area contributed by atoms with Gasteiger partial charge in [0, 0.05) is 31.2 Å². The Labute approximate surface area is 119 Å². The second kappa shape index (κ2) is 7.29. The molecule has 2 rings (SSSR count). The van der Waals surface area contributed by atoms with Gasteiger partial charge < -0.3 is 5.32 Å². The van der Waals surface area contributed by atoms with E-state index in [4.69, 9.17) is 11.6 Å². The van der Waals surface area contributed by atoms with E-state index in [0.29, 0.717) is 5.02 Å². The molecule has 1 saturated heterocycles. The summed E-state index contributed by atoms with van der Waals surface area (Å²) in [5.41, 5.74) is 2.12. The van der Waals surface area contributed by atoms with Gasteiger partial charge >= 0.3 is 0 Å². The predicted molar refractivity (Wildman–Crippen MR) is 76.6 cm³/mol.